The maximum Gasteiger partial charge on any atom is 0.221 e. The molecule has 92 valence electrons. The van der Waals surface area contributed by atoms with Gasteiger partial charge in [0.25, 0.3) is 0 Å². The summed E-state index contributed by atoms with van der Waals surface area (Å²) in [6, 6.07) is 0.464. The van der Waals surface area contributed by atoms with Crippen molar-refractivity contribution in [3.05, 3.63) is 0 Å². The van der Waals surface area contributed by atoms with E-state index in [-0.39, 0.29) is 12.0 Å². The molecule has 1 unspecified atom stereocenters. The molecule has 16 heavy (non-hydrogen) atoms. The molecule has 0 bridgehead atoms. The second-order valence-electron chi connectivity index (χ2n) is 4.40. The molecular formula is C11H20N2O3. The van der Waals surface area contributed by atoms with E-state index in [1.807, 2.05) is 0 Å². The SMILES string of the molecule is O=C(CCNCC1CCOCO1)NC1CC1. The van der Waals surface area contributed by atoms with Crippen molar-refractivity contribution in [1.29, 1.82) is 0 Å². The molecule has 1 aliphatic heterocycles. The highest BCUT2D eigenvalue weighted by atomic mass is 16.7. The second kappa shape index (κ2) is 6.18. The van der Waals surface area contributed by atoms with Crippen LogP contribution in [0, 0.1) is 0 Å². The normalized spacial score (nSPS) is 25.4. The number of rotatable bonds is 6. The smallest absolute Gasteiger partial charge is 0.221 e. The number of nitrogens with one attached hydrogen (secondary N) is 2. The third-order valence-electron chi connectivity index (χ3n) is 2.81. The van der Waals surface area contributed by atoms with Gasteiger partial charge in [-0.05, 0) is 19.3 Å². The molecule has 1 amide bonds. The number of carbonyl (C=O) groups excluding carboxylic acids is 1. The summed E-state index contributed by atoms with van der Waals surface area (Å²) in [5.41, 5.74) is 0. The molecule has 2 rings (SSSR count). The highest BCUT2D eigenvalue weighted by molar-refractivity contribution is 5.76. The molecule has 1 heterocycles. The summed E-state index contributed by atoms with van der Waals surface area (Å²) in [6.45, 7) is 2.70. The first-order chi connectivity index (χ1) is 7.84. The topological polar surface area (TPSA) is 59.6 Å². The van der Waals surface area contributed by atoms with Gasteiger partial charge in [0.1, 0.15) is 6.79 Å². The lowest BCUT2D eigenvalue weighted by molar-refractivity contribution is -0.137. The summed E-state index contributed by atoms with van der Waals surface area (Å²) in [5.74, 6) is 0.155. The van der Waals surface area contributed by atoms with Crippen molar-refractivity contribution in [2.45, 2.75) is 37.8 Å². The van der Waals surface area contributed by atoms with Gasteiger partial charge in [-0.3, -0.25) is 4.79 Å². The van der Waals surface area contributed by atoms with E-state index >= 15 is 0 Å². The van der Waals surface area contributed by atoms with Crippen LogP contribution in [0.5, 0.6) is 0 Å². The van der Waals surface area contributed by atoms with Gasteiger partial charge in [0, 0.05) is 25.6 Å². The Morgan fingerprint density at radius 3 is 2.88 bits per heavy atom. The van der Waals surface area contributed by atoms with Gasteiger partial charge in [0.15, 0.2) is 0 Å². The van der Waals surface area contributed by atoms with Gasteiger partial charge < -0.3 is 20.1 Å². The minimum absolute atomic E-state index is 0.155. The molecule has 5 nitrogen and oxygen atoms in total. The monoisotopic (exact) mass is 228 g/mol. The number of hydrogen-bond donors (Lipinski definition) is 2. The Morgan fingerprint density at radius 2 is 2.19 bits per heavy atom. The quantitative estimate of drug-likeness (QED) is 0.629. The summed E-state index contributed by atoms with van der Waals surface area (Å²) in [6.07, 6.45) is 4.02. The summed E-state index contributed by atoms with van der Waals surface area (Å²) in [4.78, 5) is 11.3. The predicted molar refractivity (Wildman–Crippen MR) is 59.0 cm³/mol. The fourth-order valence-corrected chi connectivity index (χ4v) is 1.65. The summed E-state index contributed by atoms with van der Waals surface area (Å²) >= 11 is 0. The Labute approximate surface area is 95.9 Å². The predicted octanol–water partition coefficient (Wildman–Crippen LogP) is 0.00770. The van der Waals surface area contributed by atoms with Crippen LogP contribution in [0.15, 0.2) is 0 Å². The van der Waals surface area contributed by atoms with Crippen LogP contribution >= 0.6 is 0 Å². The van der Waals surface area contributed by atoms with Gasteiger partial charge in [0.05, 0.1) is 12.7 Å². The van der Waals surface area contributed by atoms with Gasteiger partial charge in [-0.1, -0.05) is 0 Å². The van der Waals surface area contributed by atoms with E-state index < -0.39 is 0 Å². The standard InChI is InChI=1S/C11H20N2O3/c14-11(13-9-1-2-9)3-5-12-7-10-4-6-15-8-16-10/h9-10,12H,1-8H2,(H,13,14). The molecular weight excluding hydrogens is 208 g/mol. The fraction of sp³-hybridized carbons (Fsp3) is 0.909. The van der Waals surface area contributed by atoms with Crippen LogP contribution in [-0.4, -0.2) is 44.5 Å². The van der Waals surface area contributed by atoms with Crippen LogP contribution < -0.4 is 10.6 Å². The molecule has 1 aliphatic carbocycles. The largest absolute Gasteiger partial charge is 0.355 e. The van der Waals surface area contributed by atoms with Gasteiger partial charge in [0.2, 0.25) is 5.91 Å². The van der Waals surface area contributed by atoms with Crippen molar-refractivity contribution in [2.24, 2.45) is 0 Å². The van der Waals surface area contributed by atoms with Gasteiger partial charge >= 0.3 is 0 Å². The third-order valence-corrected chi connectivity index (χ3v) is 2.81. The maximum atomic E-state index is 11.3. The van der Waals surface area contributed by atoms with E-state index in [0.717, 1.165) is 39.0 Å². The van der Waals surface area contributed by atoms with E-state index in [1.54, 1.807) is 0 Å². The Morgan fingerprint density at radius 1 is 1.31 bits per heavy atom. The fourth-order valence-electron chi connectivity index (χ4n) is 1.65. The first kappa shape index (κ1) is 11.8. The highest BCUT2D eigenvalue weighted by Crippen LogP contribution is 2.18. The molecule has 1 saturated carbocycles. The van der Waals surface area contributed by atoms with Crippen molar-refractivity contribution in [3.8, 4) is 0 Å². The molecule has 2 N–H and O–H groups in total. The first-order valence-electron chi connectivity index (χ1n) is 6.04. The zero-order valence-corrected chi connectivity index (χ0v) is 9.54. The van der Waals surface area contributed by atoms with Crippen molar-refractivity contribution < 1.29 is 14.3 Å². The molecule has 0 radical (unpaired) electrons. The van der Waals surface area contributed by atoms with Crippen LogP contribution in [0.2, 0.25) is 0 Å². The highest BCUT2D eigenvalue weighted by Gasteiger charge is 2.22. The molecule has 0 aromatic rings. The van der Waals surface area contributed by atoms with Gasteiger partial charge in [-0.25, -0.2) is 0 Å². The zero-order valence-electron chi connectivity index (χ0n) is 9.54. The zero-order chi connectivity index (χ0) is 11.2. The lowest BCUT2D eigenvalue weighted by atomic mass is 10.2. The second-order valence-corrected chi connectivity index (χ2v) is 4.40. The molecule has 2 fully saturated rings. The summed E-state index contributed by atoms with van der Waals surface area (Å²) in [7, 11) is 0. The summed E-state index contributed by atoms with van der Waals surface area (Å²) < 4.78 is 10.5. The minimum atomic E-state index is 0.155. The van der Waals surface area contributed by atoms with E-state index in [4.69, 9.17) is 9.47 Å². The number of amides is 1. The lowest BCUT2D eigenvalue weighted by Gasteiger charge is -2.22. The van der Waals surface area contributed by atoms with E-state index in [0.29, 0.717) is 19.3 Å². The van der Waals surface area contributed by atoms with Gasteiger partial charge in [-0.15, -0.1) is 0 Å². The third kappa shape index (κ3) is 4.47. The van der Waals surface area contributed by atoms with Crippen LogP contribution in [0.1, 0.15) is 25.7 Å². The maximum absolute atomic E-state index is 11.3. The molecule has 0 aromatic carbocycles. The van der Waals surface area contributed by atoms with Crippen molar-refractivity contribution >= 4 is 5.91 Å². The van der Waals surface area contributed by atoms with E-state index in [2.05, 4.69) is 10.6 Å². The van der Waals surface area contributed by atoms with Crippen LogP contribution in [-0.2, 0) is 14.3 Å². The van der Waals surface area contributed by atoms with Crippen LogP contribution in [0.4, 0.5) is 0 Å². The summed E-state index contributed by atoms with van der Waals surface area (Å²) in [5, 5.41) is 6.20. The molecule has 1 atom stereocenters. The van der Waals surface area contributed by atoms with Crippen molar-refractivity contribution in [3.63, 3.8) is 0 Å². The Hall–Kier alpha value is -0.650. The molecule has 2 aliphatic rings. The van der Waals surface area contributed by atoms with Gasteiger partial charge in [-0.2, -0.15) is 0 Å². The average molecular weight is 228 g/mol. The Balaban J connectivity index is 1.45. The van der Waals surface area contributed by atoms with Crippen molar-refractivity contribution in [1.82, 2.24) is 10.6 Å². The van der Waals surface area contributed by atoms with Crippen molar-refractivity contribution in [2.75, 3.05) is 26.5 Å². The first-order valence-corrected chi connectivity index (χ1v) is 6.04. The Bertz CT molecular complexity index is 225. The number of hydrogen-bond acceptors (Lipinski definition) is 4. The Kier molecular flexibility index (Phi) is 4.56. The van der Waals surface area contributed by atoms with E-state index in [1.165, 1.54) is 0 Å². The van der Waals surface area contributed by atoms with Crippen LogP contribution in [0.3, 0.4) is 0 Å². The molecule has 0 aromatic heterocycles. The molecule has 0 spiro atoms. The molecule has 1 saturated heterocycles. The number of ether oxygens (including phenoxy) is 2. The van der Waals surface area contributed by atoms with Crippen LogP contribution in [0.25, 0.3) is 0 Å². The lowest BCUT2D eigenvalue weighted by Crippen LogP contribution is -2.36. The minimum Gasteiger partial charge on any atom is -0.355 e. The number of carbonyl (C=O) groups is 1. The molecule has 5 heteroatoms. The van der Waals surface area contributed by atoms with E-state index in [9.17, 15) is 4.79 Å². The average Bonchev–Trinajstić information content (AvgIpc) is 3.10.